The molecule has 1 aliphatic rings. The quantitative estimate of drug-likeness (QED) is 0.694. The number of nitrogens with zero attached hydrogens (tertiary/aromatic N) is 4. The van der Waals surface area contributed by atoms with Gasteiger partial charge in [-0.05, 0) is 19.1 Å². The van der Waals surface area contributed by atoms with Gasteiger partial charge in [0.15, 0.2) is 0 Å². The van der Waals surface area contributed by atoms with Crippen molar-refractivity contribution in [2.24, 2.45) is 0 Å². The maximum atomic E-state index is 12.3. The van der Waals surface area contributed by atoms with Crippen molar-refractivity contribution in [2.75, 3.05) is 26.2 Å². The van der Waals surface area contributed by atoms with Crippen LogP contribution in [-0.2, 0) is 6.54 Å². The van der Waals surface area contributed by atoms with Crippen LogP contribution in [0.25, 0.3) is 11.5 Å². The fraction of sp³-hybridized carbons (Fsp3) is 0.300. The van der Waals surface area contributed by atoms with Gasteiger partial charge in [0.25, 0.3) is 0 Å². The summed E-state index contributed by atoms with van der Waals surface area (Å²) >= 11 is 0. The number of aryl methyl sites for hydroxylation is 1. The average molecular weight is 398 g/mol. The van der Waals surface area contributed by atoms with Crippen LogP contribution in [-0.4, -0.2) is 62.0 Å². The molecule has 3 heterocycles. The number of aromatic hydroxyl groups is 2. The first-order valence-electron chi connectivity index (χ1n) is 9.32. The zero-order chi connectivity index (χ0) is 20.4. The molecule has 0 unspecified atom stereocenters. The van der Waals surface area contributed by atoms with Crippen LogP contribution in [0.2, 0.25) is 0 Å². The van der Waals surface area contributed by atoms with Crippen LogP contribution >= 0.6 is 0 Å². The highest BCUT2D eigenvalue weighted by Gasteiger charge is 2.25. The van der Waals surface area contributed by atoms with E-state index in [-0.39, 0.29) is 11.8 Å². The molecule has 0 spiro atoms. The molecule has 0 radical (unpaired) electrons. The van der Waals surface area contributed by atoms with E-state index in [0.717, 1.165) is 17.0 Å². The van der Waals surface area contributed by atoms with Crippen LogP contribution in [0.5, 0.6) is 11.8 Å². The van der Waals surface area contributed by atoms with E-state index in [0.29, 0.717) is 43.3 Å². The standard InChI is InChI=1S/C20H22N4O5/c1-14-16(28-19(21-14)15-5-3-2-4-6-15)13-22-9-11-23(12-10-22)20(27)29-24-17(25)7-8-18(24)26/h2-8,25-26H,9-13H2,1H3. The Bertz CT molecular complexity index is 970. The number of carbonyl (C=O) groups is 1. The van der Waals surface area contributed by atoms with Crippen molar-refractivity contribution < 1.29 is 24.3 Å². The predicted octanol–water partition coefficient (Wildman–Crippen LogP) is 2.23. The summed E-state index contributed by atoms with van der Waals surface area (Å²) in [7, 11) is 0. The van der Waals surface area contributed by atoms with Gasteiger partial charge in [-0.25, -0.2) is 9.78 Å². The summed E-state index contributed by atoms with van der Waals surface area (Å²) in [6, 6.07) is 12.2. The third-order valence-corrected chi connectivity index (χ3v) is 4.88. The maximum absolute atomic E-state index is 12.3. The number of hydrogen-bond acceptors (Lipinski definition) is 7. The summed E-state index contributed by atoms with van der Waals surface area (Å²) in [5.74, 6) is 0.725. The number of piperazine rings is 1. The second-order valence-corrected chi connectivity index (χ2v) is 6.86. The van der Waals surface area contributed by atoms with E-state index < -0.39 is 6.09 Å². The Morgan fingerprint density at radius 2 is 1.72 bits per heavy atom. The van der Waals surface area contributed by atoms with Gasteiger partial charge in [-0.15, -0.1) is 4.73 Å². The van der Waals surface area contributed by atoms with Gasteiger partial charge in [0, 0.05) is 43.9 Å². The molecule has 0 saturated carbocycles. The fourth-order valence-corrected chi connectivity index (χ4v) is 3.20. The van der Waals surface area contributed by atoms with E-state index in [1.54, 1.807) is 0 Å². The number of benzene rings is 1. The first kappa shape index (κ1) is 18.9. The average Bonchev–Trinajstić information content (AvgIpc) is 3.26. The summed E-state index contributed by atoms with van der Waals surface area (Å²) < 4.78 is 6.65. The Kier molecular flexibility index (Phi) is 5.13. The van der Waals surface area contributed by atoms with Crippen molar-refractivity contribution in [1.82, 2.24) is 19.5 Å². The third-order valence-electron chi connectivity index (χ3n) is 4.88. The van der Waals surface area contributed by atoms with E-state index in [1.165, 1.54) is 17.0 Å². The molecule has 1 saturated heterocycles. The zero-order valence-corrected chi connectivity index (χ0v) is 16.0. The van der Waals surface area contributed by atoms with Gasteiger partial charge in [-0.3, -0.25) is 4.90 Å². The smallest absolute Gasteiger partial charge is 0.434 e. The number of amides is 1. The molecule has 2 aromatic heterocycles. The van der Waals surface area contributed by atoms with Gasteiger partial charge in [0.1, 0.15) is 5.76 Å². The van der Waals surface area contributed by atoms with Crippen LogP contribution < -0.4 is 4.84 Å². The summed E-state index contributed by atoms with van der Waals surface area (Å²) in [5.41, 5.74) is 1.79. The number of hydrogen-bond donors (Lipinski definition) is 2. The number of oxazole rings is 1. The Morgan fingerprint density at radius 1 is 1.07 bits per heavy atom. The van der Waals surface area contributed by atoms with Crippen LogP contribution in [0.1, 0.15) is 11.5 Å². The van der Waals surface area contributed by atoms with Gasteiger partial charge in [-0.1, -0.05) is 18.2 Å². The molecule has 0 aliphatic carbocycles. The van der Waals surface area contributed by atoms with Gasteiger partial charge in [0.2, 0.25) is 17.7 Å². The first-order chi connectivity index (χ1) is 14.0. The van der Waals surface area contributed by atoms with Crippen LogP contribution in [0, 0.1) is 6.92 Å². The van der Waals surface area contributed by atoms with Crippen molar-refractivity contribution in [3.63, 3.8) is 0 Å². The lowest BCUT2D eigenvalue weighted by molar-refractivity contribution is 0.0545. The molecule has 9 heteroatoms. The van der Waals surface area contributed by atoms with E-state index in [4.69, 9.17) is 9.25 Å². The Hall–Kier alpha value is -3.46. The molecule has 1 amide bonds. The van der Waals surface area contributed by atoms with E-state index >= 15 is 0 Å². The molecule has 4 rings (SSSR count). The normalized spacial score (nSPS) is 14.9. The molecule has 2 N–H and O–H groups in total. The summed E-state index contributed by atoms with van der Waals surface area (Å²) in [5, 5.41) is 19.2. The van der Waals surface area contributed by atoms with Crippen LogP contribution in [0.15, 0.2) is 46.9 Å². The van der Waals surface area contributed by atoms with Crippen molar-refractivity contribution in [1.29, 1.82) is 0 Å². The number of aromatic nitrogens is 2. The van der Waals surface area contributed by atoms with Crippen LogP contribution in [0.4, 0.5) is 4.79 Å². The molecule has 1 fully saturated rings. The summed E-state index contributed by atoms with van der Waals surface area (Å²) in [6.45, 7) is 4.72. The molecule has 152 valence electrons. The van der Waals surface area contributed by atoms with Gasteiger partial charge < -0.3 is 24.4 Å². The van der Waals surface area contributed by atoms with Crippen LogP contribution in [0.3, 0.4) is 0 Å². The lowest BCUT2D eigenvalue weighted by Gasteiger charge is -2.33. The van der Waals surface area contributed by atoms with E-state index in [2.05, 4.69) is 9.88 Å². The molecule has 3 aromatic rings. The largest absolute Gasteiger partial charge is 0.492 e. The topological polar surface area (TPSA) is 104 Å². The Balaban J connectivity index is 1.33. The molecule has 0 atom stereocenters. The minimum Gasteiger partial charge on any atom is -0.492 e. The van der Waals surface area contributed by atoms with Crippen molar-refractivity contribution in [3.8, 4) is 23.2 Å². The van der Waals surface area contributed by atoms with E-state index in [1.807, 2.05) is 37.3 Å². The first-order valence-corrected chi connectivity index (χ1v) is 9.32. The Morgan fingerprint density at radius 3 is 2.38 bits per heavy atom. The zero-order valence-electron chi connectivity index (χ0n) is 16.0. The monoisotopic (exact) mass is 398 g/mol. The number of rotatable bonds is 4. The third kappa shape index (κ3) is 4.04. The lowest BCUT2D eigenvalue weighted by Crippen LogP contribution is -2.50. The molecular formula is C20H22N4O5. The SMILES string of the molecule is Cc1nc(-c2ccccc2)oc1CN1CCN(C(=O)On2c(O)ccc2O)CC1. The van der Waals surface area contributed by atoms with E-state index in [9.17, 15) is 15.0 Å². The minimum absolute atomic E-state index is 0.343. The fourth-order valence-electron chi connectivity index (χ4n) is 3.20. The predicted molar refractivity (Wildman–Crippen MR) is 103 cm³/mol. The van der Waals surface area contributed by atoms with Crippen molar-refractivity contribution >= 4 is 6.09 Å². The second kappa shape index (κ2) is 7.88. The Labute approximate surface area is 167 Å². The lowest BCUT2D eigenvalue weighted by atomic mass is 10.2. The van der Waals surface area contributed by atoms with Crippen molar-refractivity contribution in [2.45, 2.75) is 13.5 Å². The molecule has 29 heavy (non-hydrogen) atoms. The number of carbonyl (C=O) groups excluding carboxylic acids is 1. The molecule has 1 aliphatic heterocycles. The highest BCUT2D eigenvalue weighted by molar-refractivity contribution is 5.68. The van der Waals surface area contributed by atoms with Gasteiger partial charge in [-0.2, -0.15) is 0 Å². The second-order valence-electron chi connectivity index (χ2n) is 6.86. The minimum atomic E-state index is -0.631. The molecule has 0 bridgehead atoms. The molecular weight excluding hydrogens is 376 g/mol. The maximum Gasteiger partial charge on any atom is 0.434 e. The van der Waals surface area contributed by atoms with Gasteiger partial charge >= 0.3 is 6.09 Å². The highest BCUT2D eigenvalue weighted by atomic mass is 16.7. The highest BCUT2D eigenvalue weighted by Crippen LogP contribution is 2.23. The summed E-state index contributed by atoms with van der Waals surface area (Å²) in [4.78, 5) is 25.5. The summed E-state index contributed by atoms with van der Waals surface area (Å²) in [6.07, 6.45) is -0.631. The van der Waals surface area contributed by atoms with Crippen molar-refractivity contribution in [3.05, 3.63) is 53.9 Å². The molecule has 9 nitrogen and oxygen atoms in total. The van der Waals surface area contributed by atoms with Gasteiger partial charge in [0.05, 0.1) is 12.2 Å². The molecule has 1 aromatic carbocycles.